The molecule has 560 valence electrons. The van der Waals surface area contributed by atoms with Crippen LogP contribution in [0.4, 0.5) is 0 Å². The van der Waals surface area contributed by atoms with Crippen LogP contribution in [0.5, 0.6) is 0 Å². The minimum Gasteiger partial charge on any atom is -0.394 e. The average molecular weight is 1370 g/mol. The Morgan fingerprint density at radius 3 is 1.11 bits per heavy atom. The summed E-state index contributed by atoms with van der Waals surface area (Å²) in [5, 5.41) is 121. The summed E-state index contributed by atoms with van der Waals surface area (Å²) in [4.78, 5) is 13.5. The lowest BCUT2D eigenvalue weighted by atomic mass is 9.96. The van der Waals surface area contributed by atoms with Gasteiger partial charge in [0.05, 0.1) is 38.6 Å². The van der Waals surface area contributed by atoms with Crippen LogP contribution in [0.1, 0.15) is 258 Å². The number of allylic oxidation sites excluding steroid dienone is 16. The molecule has 19 nitrogen and oxygen atoms in total. The topological polar surface area (TPSA) is 307 Å². The summed E-state index contributed by atoms with van der Waals surface area (Å²) in [5.74, 6) is -0.269. The van der Waals surface area contributed by atoms with Crippen LogP contribution in [0.2, 0.25) is 0 Å². The summed E-state index contributed by atoms with van der Waals surface area (Å²) in [6.07, 6.45) is 50.5. The first kappa shape index (κ1) is 87.9. The number of hydrogen-bond acceptors (Lipinski definition) is 18. The monoisotopic (exact) mass is 1370 g/mol. The molecule has 97 heavy (non-hydrogen) atoms. The Bertz CT molecular complexity index is 2130. The third-order valence-electron chi connectivity index (χ3n) is 18.4. The number of aliphatic hydroxyl groups is 11. The SMILES string of the molecule is CC/C=C\C/C=C\C/C=C\C/C=C\C/C=C\C/C=C\C/C=C\C/C=C\CCCCCCC(=O)NC(COC1OC(CO)C(OC2OC(CO)C(OC3OC(CO)C(O)C(O)C3O)C(O)C2O)C(O)C1O)C(O)CCCCCCCCCCCCCCCCCCCCCCCCC. The number of carbonyl (C=O) groups excluding carboxylic acids is 1. The maximum atomic E-state index is 13.5. The molecule has 3 aliphatic rings. The molecule has 12 N–H and O–H groups in total. The fourth-order valence-electron chi connectivity index (χ4n) is 12.3. The first-order valence-electron chi connectivity index (χ1n) is 38.0. The van der Waals surface area contributed by atoms with E-state index in [4.69, 9.17) is 28.4 Å². The molecule has 3 saturated heterocycles. The van der Waals surface area contributed by atoms with E-state index in [1.165, 1.54) is 122 Å². The molecule has 3 fully saturated rings. The third-order valence-corrected chi connectivity index (χ3v) is 18.4. The number of hydrogen-bond donors (Lipinski definition) is 12. The summed E-state index contributed by atoms with van der Waals surface area (Å²) < 4.78 is 34.5. The van der Waals surface area contributed by atoms with Gasteiger partial charge in [0.1, 0.15) is 73.2 Å². The van der Waals surface area contributed by atoms with E-state index in [0.29, 0.717) is 12.8 Å². The van der Waals surface area contributed by atoms with Crippen LogP contribution in [0, 0.1) is 0 Å². The van der Waals surface area contributed by atoms with E-state index in [2.05, 4.69) is 116 Å². The number of rotatable bonds is 58. The summed E-state index contributed by atoms with van der Waals surface area (Å²) in [6.45, 7) is 1.68. The van der Waals surface area contributed by atoms with E-state index in [0.717, 1.165) is 103 Å². The third kappa shape index (κ3) is 39.1. The van der Waals surface area contributed by atoms with Gasteiger partial charge in [-0.3, -0.25) is 4.79 Å². The van der Waals surface area contributed by atoms with Gasteiger partial charge >= 0.3 is 0 Å². The Hall–Kier alpha value is -3.29. The van der Waals surface area contributed by atoms with Gasteiger partial charge in [-0.25, -0.2) is 0 Å². The predicted octanol–water partition coefficient (Wildman–Crippen LogP) is 11.6. The summed E-state index contributed by atoms with van der Waals surface area (Å²) >= 11 is 0. The lowest BCUT2D eigenvalue weighted by molar-refractivity contribution is -0.379. The van der Waals surface area contributed by atoms with E-state index < -0.39 is 124 Å². The second-order valence-electron chi connectivity index (χ2n) is 26.7. The zero-order valence-electron chi connectivity index (χ0n) is 59.5. The molecule has 17 unspecified atom stereocenters. The lowest BCUT2D eigenvalue weighted by Gasteiger charge is -2.48. The van der Waals surface area contributed by atoms with Gasteiger partial charge in [0, 0.05) is 6.42 Å². The fourth-order valence-corrected chi connectivity index (χ4v) is 12.3. The zero-order chi connectivity index (χ0) is 70.4. The highest BCUT2D eigenvalue weighted by molar-refractivity contribution is 5.76. The zero-order valence-corrected chi connectivity index (χ0v) is 59.5. The van der Waals surface area contributed by atoms with Gasteiger partial charge < -0.3 is 89.9 Å². The van der Waals surface area contributed by atoms with Crippen LogP contribution in [-0.2, 0) is 33.2 Å². The van der Waals surface area contributed by atoms with E-state index in [1.54, 1.807) is 0 Å². The van der Waals surface area contributed by atoms with Crippen LogP contribution in [0.15, 0.2) is 97.2 Å². The van der Waals surface area contributed by atoms with Crippen LogP contribution in [-0.4, -0.2) is 193 Å². The van der Waals surface area contributed by atoms with Crippen molar-refractivity contribution < 1.29 is 89.4 Å². The molecular weight excluding hydrogens is 1240 g/mol. The number of amides is 1. The van der Waals surface area contributed by atoms with Crippen molar-refractivity contribution in [3.05, 3.63) is 97.2 Å². The van der Waals surface area contributed by atoms with Crippen LogP contribution < -0.4 is 5.32 Å². The molecule has 0 aliphatic carbocycles. The first-order chi connectivity index (χ1) is 47.3. The number of unbranched alkanes of at least 4 members (excludes halogenated alkanes) is 26. The Morgan fingerprint density at radius 2 is 0.711 bits per heavy atom. The smallest absolute Gasteiger partial charge is 0.220 e. The minimum absolute atomic E-state index is 0.231. The van der Waals surface area contributed by atoms with Gasteiger partial charge in [-0.2, -0.15) is 0 Å². The average Bonchev–Trinajstić information content (AvgIpc) is 0.789. The van der Waals surface area contributed by atoms with Crippen molar-refractivity contribution in [2.24, 2.45) is 0 Å². The molecule has 0 aromatic heterocycles. The Labute approximate surface area is 583 Å². The molecule has 0 aromatic carbocycles. The van der Waals surface area contributed by atoms with Crippen molar-refractivity contribution in [2.75, 3.05) is 26.4 Å². The van der Waals surface area contributed by atoms with Gasteiger partial charge in [-0.05, 0) is 77.0 Å². The molecule has 19 heteroatoms. The number of nitrogens with one attached hydrogen (secondary N) is 1. The molecule has 17 atom stereocenters. The van der Waals surface area contributed by atoms with Crippen molar-refractivity contribution in [3.63, 3.8) is 0 Å². The molecule has 0 aromatic rings. The normalized spacial score (nSPS) is 27.5. The Balaban J connectivity index is 1.42. The van der Waals surface area contributed by atoms with Crippen LogP contribution in [0.3, 0.4) is 0 Å². The van der Waals surface area contributed by atoms with Crippen molar-refractivity contribution >= 4 is 5.91 Å². The van der Waals surface area contributed by atoms with Gasteiger partial charge in [0.15, 0.2) is 18.9 Å². The van der Waals surface area contributed by atoms with Crippen molar-refractivity contribution in [2.45, 2.75) is 362 Å². The number of ether oxygens (including phenoxy) is 6. The van der Waals surface area contributed by atoms with E-state index in [1.807, 2.05) is 0 Å². The standard InChI is InChI=1S/C78H135NO18/c1-3-5-7-9-11-13-15-17-19-21-23-25-27-28-29-30-31-32-34-36-38-40-42-44-46-48-50-52-54-56-66(84)79-61(62(83)55-53-51-49-47-45-43-41-39-37-35-33-26-24-22-20-18-16-14-12-10-8-6-4-2)60-92-76-72(90)69(87)74(64(58-81)94-76)97-78-73(91)70(88)75(65(59-82)95-78)96-77-71(89)68(86)67(85)63(57-80)93-77/h5,7,11,13,17,19,23,25,28-29,31-32,36,38,42,44,61-65,67-78,80-83,85-91H,3-4,6,8-10,12,14-16,18,20-22,24,26-27,30,33-35,37,39-41,43,45-60H2,1-2H3,(H,79,84)/b7-5-,13-11-,19-17-,25-23-,29-28-,32-31-,38-36-,44-42-. The number of carbonyl (C=O) groups is 1. The maximum absolute atomic E-state index is 13.5. The highest BCUT2D eigenvalue weighted by Gasteiger charge is 2.53. The fraction of sp³-hybridized carbons (Fsp3) is 0.782. The van der Waals surface area contributed by atoms with E-state index in [-0.39, 0.29) is 18.9 Å². The van der Waals surface area contributed by atoms with Crippen molar-refractivity contribution in [3.8, 4) is 0 Å². The van der Waals surface area contributed by atoms with Gasteiger partial charge in [-0.15, -0.1) is 0 Å². The summed E-state index contributed by atoms with van der Waals surface area (Å²) in [7, 11) is 0. The highest BCUT2D eigenvalue weighted by Crippen LogP contribution is 2.33. The molecule has 0 radical (unpaired) electrons. The Morgan fingerprint density at radius 1 is 0.381 bits per heavy atom. The molecule has 0 bridgehead atoms. The quantitative estimate of drug-likeness (QED) is 0.0199. The largest absolute Gasteiger partial charge is 0.394 e. The molecule has 3 heterocycles. The highest BCUT2D eigenvalue weighted by atomic mass is 16.8. The molecule has 0 saturated carbocycles. The minimum atomic E-state index is -1.98. The van der Waals surface area contributed by atoms with E-state index >= 15 is 0 Å². The molecule has 3 rings (SSSR count). The van der Waals surface area contributed by atoms with E-state index in [9.17, 15) is 61.0 Å². The Kier molecular flexibility index (Phi) is 52.8. The lowest BCUT2D eigenvalue weighted by Crippen LogP contribution is -2.66. The molecule has 3 aliphatic heterocycles. The number of aliphatic hydroxyl groups excluding tert-OH is 11. The second-order valence-corrected chi connectivity index (χ2v) is 26.7. The first-order valence-corrected chi connectivity index (χ1v) is 38.0. The summed E-state index contributed by atoms with van der Waals surface area (Å²) in [6, 6.07) is -0.910. The van der Waals surface area contributed by atoms with Gasteiger partial charge in [0.25, 0.3) is 0 Å². The predicted molar refractivity (Wildman–Crippen MR) is 383 cm³/mol. The second kappa shape index (κ2) is 58.2. The molecule has 1 amide bonds. The van der Waals surface area contributed by atoms with Crippen molar-refractivity contribution in [1.29, 1.82) is 0 Å². The van der Waals surface area contributed by atoms with Gasteiger partial charge in [0.2, 0.25) is 5.91 Å². The van der Waals surface area contributed by atoms with Gasteiger partial charge in [-0.1, -0.05) is 272 Å². The molecular formula is C78H135NO18. The summed E-state index contributed by atoms with van der Waals surface area (Å²) in [5.41, 5.74) is 0. The maximum Gasteiger partial charge on any atom is 0.220 e. The van der Waals surface area contributed by atoms with Crippen LogP contribution >= 0.6 is 0 Å². The van der Waals surface area contributed by atoms with Crippen LogP contribution in [0.25, 0.3) is 0 Å². The molecule has 0 spiro atoms. The van der Waals surface area contributed by atoms with Crippen molar-refractivity contribution in [1.82, 2.24) is 5.32 Å².